The maximum atomic E-state index is 6.04. The zero-order valence-electron chi connectivity index (χ0n) is 10.4. The molecular weight excluding hydrogens is 240 g/mol. The Hall–Kier alpha value is -1.19. The van der Waals surface area contributed by atoms with Gasteiger partial charge in [0.2, 0.25) is 0 Å². The zero-order valence-corrected chi connectivity index (χ0v) is 11.2. The molecule has 0 saturated heterocycles. The number of nitrogens with zero attached hydrogens (tertiary/aromatic N) is 1. The van der Waals surface area contributed by atoms with Crippen molar-refractivity contribution >= 4 is 11.3 Å². The van der Waals surface area contributed by atoms with Gasteiger partial charge in [0.1, 0.15) is 0 Å². The molecule has 1 atom stereocenters. The van der Waals surface area contributed by atoms with Crippen LogP contribution in [-0.2, 0) is 25.7 Å². The summed E-state index contributed by atoms with van der Waals surface area (Å²) >= 11 is 1.75. The number of rotatable bonds is 3. The summed E-state index contributed by atoms with van der Waals surface area (Å²) in [6.45, 7) is 0. The highest BCUT2D eigenvalue weighted by molar-refractivity contribution is 7.09. The lowest BCUT2D eigenvalue weighted by Gasteiger charge is -2.23. The van der Waals surface area contributed by atoms with Crippen molar-refractivity contribution in [2.24, 2.45) is 5.73 Å². The smallest absolute Gasteiger partial charge is 0.0928 e. The Kier molecular flexibility index (Phi) is 3.43. The first-order valence-corrected chi connectivity index (χ1v) is 7.44. The molecule has 0 amide bonds. The Morgan fingerprint density at radius 3 is 3.11 bits per heavy atom. The van der Waals surface area contributed by atoms with Crippen molar-refractivity contribution in [2.45, 2.75) is 38.1 Å². The van der Waals surface area contributed by atoms with E-state index < -0.39 is 0 Å². The predicted octanol–water partition coefficient (Wildman–Crippen LogP) is 2.74. The second-order valence-corrected chi connectivity index (χ2v) is 5.96. The molecule has 1 aromatic heterocycles. The molecular formula is C15H18N2S. The van der Waals surface area contributed by atoms with Gasteiger partial charge in [0.15, 0.2) is 0 Å². The molecule has 1 aromatic carbocycles. The molecule has 0 fully saturated rings. The number of aryl methyl sites for hydroxylation is 2. The van der Waals surface area contributed by atoms with Crippen molar-refractivity contribution < 1.29 is 0 Å². The number of hydrogen-bond donors (Lipinski definition) is 1. The quantitative estimate of drug-likeness (QED) is 0.919. The Labute approximate surface area is 112 Å². The highest BCUT2D eigenvalue weighted by Crippen LogP contribution is 2.25. The maximum absolute atomic E-state index is 6.04. The molecule has 1 unspecified atom stereocenters. The summed E-state index contributed by atoms with van der Waals surface area (Å²) < 4.78 is 0. The van der Waals surface area contributed by atoms with Crippen LogP contribution in [-0.4, -0.2) is 11.0 Å². The molecule has 0 radical (unpaired) electrons. The van der Waals surface area contributed by atoms with Crippen LogP contribution in [0.15, 0.2) is 29.8 Å². The molecule has 0 saturated carbocycles. The fourth-order valence-electron chi connectivity index (χ4n) is 2.77. The van der Waals surface area contributed by atoms with Gasteiger partial charge < -0.3 is 5.73 Å². The minimum Gasteiger partial charge on any atom is -0.327 e. The molecule has 0 spiro atoms. The number of aromatic nitrogens is 1. The van der Waals surface area contributed by atoms with Gasteiger partial charge in [-0.2, -0.15) is 0 Å². The molecule has 2 N–H and O–H groups in total. The lowest BCUT2D eigenvalue weighted by molar-refractivity contribution is 0.573. The number of thiazole rings is 1. The van der Waals surface area contributed by atoms with Crippen molar-refractivity contribution in [1.82, 2.24) is 4.98 Å². The summed E-state index contributed by atoms with van der Waals surface area (Å²) in [6.07, 6.45) is 7.36. The van der Waals surface area contributed by atoms with E-state index in [0.29, 0.717) is 6.04 Å². The molecule has 3 heteroatoms. The molecule has 1 heterocycles. The SMILES string of the molecule is NC1CCc2c(CCc3nccs3)cccc2C1. The van der Waals surface area contributed by atoms with Crippen molar-refractivity contribution in [2.75, 3.05) is 0 Å². The Balaban J connectivity index is 1.78. The molecule has 0 bridgehead atoms. The molecule has 3 rings (SSSR count). The predicted molar refractivity (Wildman–Crippen MR) is 76.0 cm³/mol. The molecule has 2 nitrogen and oxygen atoms in total. The van der Waals surface area contributed by atoms with Crippen LogP contribution in [0, 0.1) is 0 Å². The zero-order chi connectivity index (χ0) is 12.4. The Morgan fingerprint density at radius 2 is 2.28 bits per heavy atom. The van der Waals surface area contributed by atoms with Gasteiger partial charge in [-0.25, -0.2) is 4.98 Å². The van der Waals surface area contributed by atoms with Gasteiger partial charge in [-0.1, -0.05) is 18.2 Å². The average Bonchev–Trinajstić information content (AvgIpc) is 2.89. The first-order chi connectivity index (χ1) is 8.83. The van der Waals surface area contributed by atoms with Crippen LogP contribution in [0.25, 0.3) is 0 Å². The lowest BCUT2D eigenvalue weighted by atomic mass is 9.85. The highest BCUT2D eigenvalue weighted by Gasteiger charge is 2.17. The molecule has 94 valence electrons. The minimum absolute atomic E-state index is 0.353. The van der Waals surface area contributed by atoms with E-state index in [1.165, 1.54) is 16.1 Å². The Bertz CT molecular complexity index is 519. The van der Waals surface area contributed by atoms with E-state index in [0.717, 1.165) is 32.1 Å². The van der Waals surface area contributed by atoms with Crippen molar-refractivity contribution in [1.29, 1.82) is 0 Å². The van der Waals surface area contributed by atoms with E-state index in [1.807, 2.05) is 6.20 Å². The average molecular weight is 258 g/mol. The normalized spacial score (nSPS) is 18.6. The van der Waals surface area contributed by atoms with E-state index in [-0.39, 0.29) is 0 Å². The van der Waals surface area contributed by atoms with E-state index in [2.05, 4.69) is 28.6 Å². The number of fused-ring (bicyclic) bond motifs is 1. The van der Waals surface area contributed by atoms with Crippen LogP contribution in [0.1, 0.15) is 28.1 Å². The van der Waals surface area contributed by atoms with E-state index in [9.17, 15) is 0 Å². The van der Waals surface area contributed by atoms with Gasteiger partial charge in [0.25, 0.3) is 0 Å². The van der Waals surface area contributed by atoms with Crippen LogP contribution >= 0.6 is 11.3 Å². The number of hydrogen-bond acceptors (Lipinski definition) is 3. The summed E-state index contributed by atoms with van der Waals surface area (Å²) in [5.74, 6) is 0. The van der Waals surface area contributed by atoms with Gasteiger partial charge in [-0.3, -0.25) is 0 Å². The van der Waals surface area contributed by atoms with Gasteiger partial charge in [-0.05, 0) is 42.4 Å². The second-order valence-electron chi connectivity index (χ2n) is 4.98. The van der Waals surface area contributed by atoms with Crippen LogP contribution in [0.4, 0.5) is 0 Å². The largest absolute Gasteiger partial charge is 0.327 e. The van der Waals surface area contributed by atoms with Gasteiger partial charge in [0, 0.05) is 24.0 Å². The first-order valence-electron chi connectivity index (χ1n) is 6.56. The van der Waals surface area contributed by atoms with E-state index in [4.69, 9.17) is 5.73 Å². The Morgan fingerprint density at radius 1 is 1.33 bits per heavy atom. The van der Waals surface area contributed by atoms with Crippen LogP contribution in [0.5, 0.6) is 0 Å². The van der Waals surface area contributed by atoms with Crippen molar-refractivity contribution in [3.8, 4) is 0 Å². The maximum Gasteiger partial charge on any atom is 0.0928 e. The summed E-state index contributed by atoms with van der Waals surface area (Å²) in [5.41, 5.74) is 10.6. The third-order valence-corrected chi connectivity index (χ3v) is 4.55. The molecule has 2 aromatic rings. The fourth-order valence-corrected chi connectivity index (χ4v) is 3.39. The van der Waals surface area contributed by atoms with Gasteiger partial charge in [-0.15, -0.1) is 11.3 Å². The third-order valence-electron chi connectivity index (χ3n) is 3.71. The topological polar surface area (TPSA) is 38.9 Å². The molecule has 1 aliphatic carbocycles. The number of benzene rings is 1. The first kappa shape index (κ1) is 11.9. The second kappa shape index (κ2) is 5.21. The van der Waals surface area contributed by atoms with Gasteiger partial charge >= 0.3 is 0 Å². The molecule has 1 aliphatic rings. The van der Waals surface area contributed by atoms with Crippen molar-refractivity contribution in [3.05, 3.63) is 51.5 Å². The minimum atomic E-state index is 0.353. The van der Waals surface area contributed by atoms with Crippen molar-refractivity contribution in [3.63, 3.8) is 0 Å². The lowest BCUT2D eigenvalue weighted by Crippen LogP contribution is -2.28. The van der Waals surface area contributed by atoms with Crippen LogP contribution in [0.3, 0.4) is 0 Å². The fraction of sp³-hybridized carbons (Fsp3) is 0.400. The highest BCUT2D eigenvalue weighted by atomic mass is 32.1. The van der Waals surface area contributed by atoms with E-state index in [1.54, 1.807) is 16.9 Å². The summed E-state index contributed by atoms with van der Waals surface area (Å²) in [4.78, 5) is 4.35. The summed E-state index contributed by atoms with van der Waals surface area (Å²) in [6, 6.07) is 7.03. The monoisotopic (exact) mass is 258 g/mol. The van der Waals surface area contributed by atoms with Crippen LogP contribution < -0.4 is 5.73 Å². The third kappa shape index (κ3) is 2.47. The number of nitrogens with two attached hydrogens (primary N) is 1. The van der Waals surface area contributed by atoms with E-state index >= 15 is 0 Å². The van der Waals surface area contributed by atoms with Gasteiger partial charge in [0.05, 0.1) is 5.01 Å². The molecule has 18 heavy (non-hydrogen) atoms. The summed E-state index contributed by atoms with van der Waals surface area (Å²) in [5, 5.41) is 3.29. The molecule has 0 aliphatic heterocycles. The van der Waals surface area contributed by atoms with Crippen LogP contribution in [0.2, 0.25) is 0 Å². The summed E-state index contributed by atoms with van der Waals surface area (Å²) in [7, 11) is 0. The standard InChI is InChI=1S/C15H18N2S/c16-13-5-6-14-11(2-1-3-12(14)10-13)4-7-15-17-8-9-18-15/h1-3,8-9,13H,4-7,10,16H2.